The maximum Gasteiger partial charge on any atom is 0.408 e. The minimum atomic E-state index is -1.40. The highest BCUT2D eigenvalue weighted by molar-refractivity contribution is 6.34. The van der Waals surface area contributed by atoms with E-state index in [4.69, 9.17) is 16.3 Å². The van der Waals surface area contributed by atoms with Crippen LogP contribution in [0.1, 0.15) is 71.6 Å². The van der Waals surface area contributed by atoms with Crippen molar-refractivity contribution in [1.82, 2.24) is 10.2 Å². The van der Waals surface area contributed by atoms with Crippen LogP contribution in [0.3, 0.4) is 0 Å². The molecule has 0 heterocycles. The zero-order chi connectivity index (χ0) is 30.2. The minimum Gasteiger partial charge on any atom is -0.508 e. The number of carbonyl (C=O) groups excluding carboxylic acids is 3. The molecule has 2 aromatic rings. The molecule has 3 atom stereocenters. The van der Waals surface area contributed by atoms with Crippen LogP contribution in [0.15, 0.2) is 42.5 Å². The van der Waals surface area contributed by atoms with Gasteiger partial charge in [0.15, 0.2) is 0 Å². The molecule has 4 N–H and O–H groups in total. The lowest BCUT2D eigenvalue weighted by molar-refractivity contribution is -0.144. The second-order valence-electron chi connectivity index (χ2n) is 11.3. The van der Waals surface area contributed by atoms with Gasteiger partial charge in [0, 0.05) is 11.6 Å². The Balaban J connectivity index is 2.62. The first-order valence-electron chi connectivity index (χ1n) is 13.4. The van der Waals surface area contributed by atoms with Crippen molar-refractivity contribution in [3.8, 4) is 5.75 Å². The topological polar surface area (TPSA) is 128 Å². The van der Waals surface area contributed by atoms with E-state index in [1.54, 1.807) is 71.0 Å². The number of aliphatic hydroxyl groups excluding tert-OH is 1. The van der Waals surface area contributed by atoms with E-state index < -0.39 is 48.2 Å². The summed E-state index contributed by atoms with van der Waals surface area (Å²) in [5.74, 6) is -1.19. The number of rotatable bonds is 11. The lowest BCUT2D eigenvalue weighted by atomic mass is 9.96. The number of amides is 3. The number of phenols is 1. The van der Waals surface area contributed by atoms with E-state index in [1.807, 2.05) is 13.8 Å². The number of ether oxygens (including phenoxy) is 1. The average molecular weight is 576 g/mol. The van der Waals surface area contributed by atoms with Crippen molar-refractivity contribution >= 4 is 35.2 Å². The second kappa shape index (κ2) is 14.4. The normalized spacial score (nSPS) is 13.8. The van der Waals surface area contributed by atoms with E-state index in [2.05, 4.69) is 10.6 Å². The van der Waals surface area contributed by atoms with E-state index in [0.717, 1.165) is 6.42 Å². The molecule has 0 bridgehead atoms. The molecule has 2 rings (SSSR count). The van der Waals surface area contributed by atoms with Crippen LogP contribution in [0.5, 0.6) is 5.75 Å². The Morgan fingerprint density at radius 2 is 1.68 bits per heavy atom. The number of nitrogens with one attached hydrogen (secondary N) is 2. The van der Waals surface area contributed by atoms with Crippen LogP contribution in [-0.4, -0.2) is 57.3 Å². The largest absolute Gasteiger partial charge is 0.508 e. The fourth-order valence-corrected chi connectivity index (χ4v) is 4.51. The molecule has 3 amide bonds. The van der Waals surface area contributed by atoms with Gasteiger partial charge in [-0.1, -0.05) is 55.8 Å². The fourth-order valence-electron chi connectivity index (χ4n) is 4.25. The van der Waals surface area contributed by atoms with Crippen molar-refractivity contribution < 1.29 is 29.3 Å². The predicted octanol–water partition coefficient (Wildman–Crippen LogP) is 5.57. The molecule has 220 valence electrons. The Morgan fingerprint density at radius 3 is 2.23 bits per heavy atom. The molecule has 0 saturated carbocycles. The molecule has 40 heavy (non-hydrogen) atoms. The van der Waals surface area contributed by atoms with Crippen molar-refractivity contribution in [2.75, 3.05) is 11.9 Å². The van der Waals surface area contributed by atoms with Crippen molar-refractivity contribution in [2.45, 2.75) is 85.0 Å². The number of benzene rings is 2. The van der Waals surface area contributed by atoms with Crippen LogP contribution >= 0.6 is 11.6 Å². The molecule has 0 saturated heterocycles. The number of carbonyl (C=O) groups is 3. The third-order valence-electron chi connectivity index (χ3n) is 6.29. The quantitative estimate of drug-likeness (QED) is 0.277. The van der Waals surface area contributed by atoms with Crippen LogP contribution in [0.2, 0.25) is 5.02 Å². The van der Waals surface area contributed by atoms with Gasteiger partial charge in [0.2, 0.25) is 5.91 Å². The van der Waals surface area contributed by atoms with Crippen LogP contribution < -0.4 is 10.6 Å². The number of aliphatic hydroxyl groups is 1. The van der Waals surface area contributed by atoms with E-state index >= 15 is 0 Å². The molecule has 0 aliphatic rings. The van der Waals surface area contributed by atoms with Crippen molar-refractivity contribution in [1.29, 1.82) is 0 Å². The van der Waals surface area contributed by atoms with Gasteiger partial charge in [0.25, 0.3) is 5.91 Å². The summed E-state index contributed by atoms with van der Waals surface area (Å²) in [5, 5.41) is 26.6. The molecule has 3 unspecified atom stereocenters. The first-order valence-corrected chi connectivity index (χ1v) is 13.8. The van der Waals surface area contributed by atoms with Gasteiger partial charge in [-0.3, -0.25) is 9.59 Å². The van der Waals surface area contributed by atoms with Crippen molar-refractivity contribution in [3.05, 3.63) is 58.6 Å². The SMILES string of the molecule is Cc1cccc(Cl)c1NC(=O)C(c1ccccc1O)N(C(=O)C(CO)NC(=O)OC(C)(C)C)C(C)CCC(C)C. The fraction of sp³-hybridized carbons (Fsp3) is 0.500. The molecule has 2 aromatic carbocycles. The van der Waals surface area contributed by atoms with Crippen LogP contribution in [0.25, 0.3) is 0 Å². The maximum absolute atomic E-state index is 14.1. The Morgan fingerprint density at radius 1 is 1.02 bits per heavy atom. The van der Waals surface area contributed by atoms with Crippen LogP contribution in [0.4, 0.5) is 10.5 Å². The summed E-state index contributed by atoms with van der Waals surface area (Å²) < 4.78 is 5.29. The number of anilines is 1. The molecule has 9 nitrogen and oxygen atoms in total. The summed E-state index contributed by atoms with van der Waals surface area (Å²) in [6, 6.07) is 8.20. The van der Waals surface area contributed by atoms with Gasteiger partial charge in [-0.2, -0.15) is 0 Å². The summed E-state index contributed by atoms with van der Waals surface area (Å²) in [6.45, 7) is 12.0. The molecule has 0 radical (unpaired) electrons. The summed E-state index contributed by atoms with van der Waals surface area (Å²) in [5.41, 5.74) is 0.441. The van der Waals surface area contributed by atoms with Gasteiger partial charge in [0.1, 0.15) is 23.4 Å². The number of aromatic hydroxyl groups is 1. The van der Waals surface area contributed by atoms with Crippen molar-refractivity contribution in [3.63, 3.8) is 0 Å². The maximum atomic E-state index is 14.1. The van der Waals surface area contributed by atoms with Crippen molar-refractivity contribution in [2.24, 2.45) is 5.92 Å². The second-order valence-corrected chi connectivity index (χ2v) is 11.7. The highest BCUT2D eigenvalue weighted by atomic mass is 35.5. The van der Waals surface area contributed by atoms with E-state index in [-0.39, 0.29) is 11.3 Å². The van der Waals surface area contributed by atoms with E-state index in [1.165, 1.54) is 11.0 Å². The van der Waals surface area contributed by atoms with Crippen LogP contribution in [-0.2, 0) is 14.3 Å². The molecular formula is C30H42ClN3O6. The zero-order valence-corrected chi connectivity index (χ0v) is 25.1. The molecule has 0 aliphatic heterocycles. The predicted molar refractivity (Wildman–Crippen MR) is 156 cm³/mol. The third kappa shape index (κ3) is 9.13. The monoisotopic (exact) mass is 575 g/mol. The van der Waals surface area contributed by atoms with Gasteiger partial charge in [0.05, 0.1) is 17.3 Å². The van der Waals surface area contributed by atoms with Gasteiger partial charge in [-0.25, -0.2) is 4.79 Å². The Kier molecular flexibility index (Phi) is 11.8. The zero-order valence-electron chi connectivity index (χ0n) is 24.3. The molecule has 0 fully saturated rings. The first-order chi connectivity index (χ1) is 18.7. The van der Waals surface area contributed by atoms with Gasteiger partial charge in [-0.15, -0.1) is 0 Å². The summed E-state index contributed by atoms with van der Waals surface area (Å²) >= 11 is 6.39. The number of alkyl carbamates (subject to hydrolysis) is 1. The van der Waals surface area contributed by atoms with Gasteiger partial charge in [-0.05, 0) is 71.1 Å². The number of phenolic OH excluding ortho intramolecular Hbond substituents is 1. The van der Waals surface area contributed by atoms with E-state index in [9.17, 15) is 24.6 Å². The number of aryl methyl sites for hydroxylation is 1. The summed E-state index contributed by atoms with van der Waals surface area (Å²) in [4.78, 5) is 42.0. The van der Waals surface area contributed by atoms with Gasteiger partial charge < -0.3 is 30.5 Å². The lowest BCUT2D eigenvalue weighted by Crippen LogP contribution is -2.56. The number of halogens is 1. The highest BCUT2D eigenvalue weighted by Gasteiger charge is 2.40. The standard InChI is InChI=1S/C30H42ClN3O6/c1-18(2)15-16-20(4)34(28(38)23(17-35)32-29(39)40-30(5,6)7)26(21-12-8-9-14-24(21)36)27(37)33-25-19(3)11-10-13-22(25)31/h8-14,18,20,23,26,35-36H,15-17H2,1-7H3,(H,32,39)(H,33,37). The molecule has 0 aromatic heterocycles. The Bertz CT molecular complexity index is 1160. The molecular weight excluding hydrogens is 534 g/mol. The summed E-state index contributed by atoms with van der Waals surface area (Å²) in [7, 11) is 0. The average Bonchev–Trinajstić information content (AvgIpc) is 2.85. The first kappa shape index (κ1) is 32.9. The summed E-state index contributed by atoms with van der Waals surface area (Å²) in [6.07, 6.45) is 0.383. The molecule has 10 heteroatoms. The van der Waals surface area contributed by atoms with Crippen LogP contribution in [0, 0.1) is 12.8 Å². The number of hydrogen-bond acceptors (Lipinski definition) is 6. The smallest absolute Gasteiger partial charge is 0.408 e. The minimum absolute atomic E-state index is 0.184. The molecule has 0 aliphatic carbocycles. The highest BCUT2D eigenvalue weighted by Crippen LogP contribution is 2.34. The van der Waals surface area contributed by atoms with Gasteiger partial charge >= 0.3 is 6.09 Å². The number of nitrogens with zero attached hydrogens (tertiary/aromatic N) is 1. The Labute approximate surface area is 241 Å². The van der Waals surface area contributed by atoms with E-state index in [0.29, 0.717) is 28.6 Å². The number of hydrogen-bond donors (Lipinski definition) is 4. The lowest BCUT2D eigenvalue weighted by Gasteiger charge is -2.38. The Hall–Kier alpha value is -3.30. The number of para-hydroxylation sites is 2. The molecule has 0 spiro atoms. The third-order valence-corrected chi connectivity index (χ3v) is 6.61.